The Morgan fingerprint density at radius 2 is 2.00 bits per heavy atom. The van der Waals surface area contributed by atoms with Crippen molar-refractivity contribution in [2.45, 2.75) is 26.1 Å². The second kappa shape index (κ2) is 6.56. The lowest BCUT2D eigenvalue weighted by Crippen LogP contribution is -2.47. The molecule has 1 fully saturated rings. The van der Waals surface area contributed by atoms with E-state index in [-0.39, 0.29) is 18.1 Å². The van der Waals surface area contributed by atoms with Gasteiger partial charge in [0.05, 0.1) is 17.1 Å². The van der Waals surface area contributed by atoms with Crippen molar-refractivity contribution in [2.24, 2.45) is 4.99 Å². The second-order valence-electron chi connectivity index (χ2n) is 5.49. The van der Waals surface area contributed by atoms with Crippen LogP contribution in [0.2, 0.25) is 0 Å². The minimum atomic E-state index is -0.164. The highest BCUT2D eigenvalue weighted by molar-refractivity contribution is 9.10. The molecular formula is C16H17BrN2O2S. The smallest absolute Gasteiger partial charge is 0.286 e. The molecule has 1 aromatic carbocycles. The monoisotopic (exact) mass is 380 g/mol. The molecule has 116 valence electrons. The van der Waals surface area contributed by atoms with Gasteiger partial charge in [0.25, 0.3) is 5.91 Å². The van der Waals surface area contributed by atoms with Gasteiger partial charge >= 0.3 is 0 Å². The minimum absolute atomic E-state index is 0.151. The third kappa shape index (κ3) is 3.45. The number of hydrogen-bond acceptors (Lipinski definition) is 4. The molecule has 0 saturated carbocycles. The van der Waals surface area contributed by atoms with Crippen LogP contribution in [0.15, 0.2) is 38.6 Å². The number of morpholine rings is 1. The summed E-state index contributed by atoms with van der Waals surface area (Å²) in [6.45, 7) is 5.63. The first-order valence-corrected chi connectivity index (χ1v) is 8.81. The van der Waals surface area contributed by atoms with Crippen molar-refractivity contribution < 1.29 is 9.53 Å². The van der Waals surface area contributed by atoms with Gasteiger partial charge in [-0.05, 0) is 43.3 Å². The molecule has 1 amide bonds. The number of aliphatic imine (C=N–C) groups is 1. The van der Waals surface area contributed by atoms with Crippen LogP contribution in [-0.2, 0) is 9.53 Å². The molecule has 2 aliphatic heterocycles. The van der Waals surface area contributed by atoms with Crippen LogP contribution in [0.25, 0.3) is 6.08 Å². The molecule has 0 aliphatic carbocycles. The maximum absolute atomic E-state index is 12.2. The number of carbonyl (C=O) groups excluding carboxylic acids is 1. The maximum atomic E-state index is 12.2. The number of halogens is 1. The van der Waals surface area contributed by atoms with Crippen molar-refractivity contribution in [3.05, 3.63) is 39.2 Å². The Balaban J connectivity index is 1.78. The Morgan fingerprint density at radius 3 is 2.68 bits per heavy atom. The Labute approximate surface area is 142 Å². The quantitative estimate of drug-likeness (QED) is 0.698. The Hall–Kier alpha value is -1.11. The standard InChI is InChI=1S/C16H17BrN2O2S/c1-10-8-19(9-11(2)21-10)16-18-15(20)14(22-16)7-12-5-3-4-6-13(12)17/h3-7,10-11H,8-9H2,1-2H3. The van der Waals surface area contributed by atoms with Crippen molar-refractivity contribution in [2.75, 3.05) is 13.1 Å². The largest absolute Gasteiger partial charge is 0.372 e. The van der Waals surface area contributed by atoms with Crippen LogP contribution in [0.4, 0.5) is 0 Å². The number of hydrogen-bond donors (Lipinski definition) is 0. The number of nitrogens with zero attached hydrogens (tertiary/aromatic N) is 2. The van der Waals surface area contributed by atoms with Crippen LogP contribution in [0, 0.1) is 0 Å². The van der Waals surface area contributed by atoms with Crippen LogP contribution in [0.3, 0.4) is 0 Å². The minimum Gasteiger partial charge on any atom is -0.372 e. The highest BCUT2D eigenvalue weighted by Crippen LogP contribution is 2.32. The normalized spacial score (nSPS) is 27.4. The number of benzene rings is 1. The van der Waals surface area contributed by atoms with Crippen molar-refractivity contribution >= 4 is 44.8 Å². The van der Waals surface area contributed by atoms with Crippen LogP contribution >= 0.6 is 27.7 Å². The van der Waals surface area contributed by atoms with Crippen molar-refractivity contribution in [3.63, 3.8) is 0 Å². The van der Waals surface area contributed by atoms with E-state index in [1.807, 2.05) is 44.2 Å². The van der Waals surface area contributed by atoms with Crippen LogP contribution in [-0.4, -0.2) is 41.3 Å². The second-order valence-corrected chi connectivity index (χ2v) is 7.36. The van der Waals surface area contributed by atoms with Crippen LogP contribution < -0.4 is 0 Å². The van der Waals surface area contributed by atoms with Crippen LogP contribution in [0.5, 0.6) is 0 Å². The van der Waals surface area contributed by atoms with E-state index in [2.05, 4.69) is 25.8 Å². The summed E-state index contributed by atoms with van der Waals surface area (Å²) in [5, 5.41) is 0.783. The topological polar surface area (TPSA) is 41.9 Å². The first kappa shape index (κ1) is 15.8. The lowest BCUT2D eigenvalue weighted by atomic mass is 10.2. The molecule has 3 rings (SSSR count). The van der Waals surface area contributed by atoms with Crippen molar-refractivity contribution in [3.8, 4) is 0 Å². The summed E-state index contributed by atoms with van der Waals surface area (Å²) in [4.78, 5) is 19.2. The van der Waals surface area contributed by atoms with E-state index >= 15 is 0 Å². The molecule has 4 nitrogen and oxygen atoms in total. The molecule has 0 aromatic heterocycles. The first-order valence-electron chi connectivity index (χ1n) is 7.20. The lowest BCUT2D eigenvalue weighted by molar-refractivity contribution is -0.113. The zero-order valence-corrected chi connectivity index (χ0v) is 14.9. The molecule has 1 aromatic rings. The van der Waals surface area contributed by atoms with E-state index in [1.165, 1.54) is 11.8 Å². The molecule has 2 heterocycles. The van der Waals surface area contributed by atoms with Gasteiger partial charge in [-0.3, -0.25) is 4.79 Å². The zero-order chi connectivity index (χ0) is 15.7. The van der Waals surface area contributed by atoms with Gasteiger partial charge in [-0.2, -0.15) is 4.99 Å². The molecule has 1 saturated heterocycles. The highest BCUT2D eigenvalue weighted by Gasteiger charge is 2.31. The lowest BCUT2D eigenvalue weighted by Gasteiger charge is -2.35. The fourth-order valence-corrected chi connectivity index (χ4v) is 3.92. The fourth-order valence-electron chi connectivity index (χ4n) is 2.60. The molecule has 0 N–H and O–H groups in total. The average Bonchev–Trinajstić information content (AvgIpc) is 2.82. The number of amidine groups is 1. The molecule has 0 radical (unpaired) electrons. The van der Waals surface area contributed by atoms with Crippen molar-refractivity contribution in [1.82, 2.24) is 4.90 Å². The Morgan fingerprint density at radius 1 is 1.32 bits per heavy atom. The molecule has 2 aliphatic rings. The summed E-state index contributed by atoms with van der Waals surface area (Å²) >= 11 is 4.95. The molecule has 0 spiro atoms. The molecule has 6 heteroatoms. The van der Waals surface area contributed by atoms with Gasteiger partial charge in [-0.15, -0.1) is 0 Å². The maximum Gasteiger partial charge on any atom is 0.286 e. The summed E-state index contributed by atoms with van der Waals surface area (Å²) in [6.07, 6.45) is 2.19. The third-order valence-electron chi connectivity index (χ3n) is 3.49. The van der Waals surface area contributed by atoms with Gasteiger partial charge < -0.3 is 9.64 Å². The Kier molecular flexibility index (Phi) is 4.70. The molecule has 0 bridgehead atoms. The first-order chi connectivity index (χ1) is 10.5. The zero-order valence-electron chi connectivity index (χ0n) is 12.5. The molecule has 22 heavy (non-hydrogen) atoms. The van der Waals surface area contributed by atoms with Gasteiger partial charge in [0.15, 0.2) is 5.17 Å². The molecule has 2 unspecified atom stereocenters. The summed E-state index contributed by atoms with van der Waals surface area (Å²) in [5.74, 6) is -0.164. The average molecular weight is 381 g/mol. The summed E-state index contributed by atoms with van der Waals surface area (Å²) < 4.78 is 6.70. The fraction of sp³-hybridized carbons (Fsp3) is 0.375. The number of amides is 1. The number of ether oxygens (including phenoxy) is 1. The summed E-state index contributed by atoms with van der Waals surface area (Å²) in [5.41, 5.74) is 0.985. The van der Waals surface area contributed by atoms with E-state index in [4.69, 9.17) is 4.74 Å². The van der Waals surface area contributed by atoms with E-state index < -0.39 is 0 Å². The van der Waals surface area contributed by atoms with Gasteiger partial charge in [0.2, 0.25) is 0 Å². The molecular weight excluding hydrogens is 364 g/mol. The van der Waals surface area contributed by atoms with Gasteiger partial charge in [0.1, 0.15) is 0 Å². The van der Waals surface area contributed by atoms with E-state index in [0.29, 0.717) is 4.91 Å². The number of rotatable bonds is 1. The predicted octanol–water partition coefficient (Wildman–Crippen LogP) is 3.53. The van der Waals surface area contributed by atoms with Gasteiger partial charge in [-0.1, -0.05) is 34.1 Å². The van der Waals surface area contributed by atoms with E-state index in [0.717, 1.165) is 28.3 Å². The van der Waals surface area contributed by atoms with E-state index in [9.17, 15) is 4.79 Å². The number of carbonyl (C=O) groups is 1. The SMILES string of the molecule is CC1CN(C2=NC(=O)C(=Cc3ccccc3Br)S2)CC(C)O1. The number of thioether (sulfide) groups is 1. The summed E-state index contributed by atoms with van der Waals surface area (Å²) in [7, 11) is 0. The van der Waals surface area contributed by atoms with Gasteiger partial charge in [-0.25, -0.2) is 0 Å². The highest BCUT2D eigenvalue weighted by atomic mass is 79.9. The van der Waals surface area contributed by atoms with E-state index in [1.54, 1.807) is 0 Å². The molecule has 2 atom stereocenters. The van der Waals surface area contributed by atoms with Crippen molar-refractivity contribution in [1.29, 1.82) is 0 Å². The Bertz CT molecular complexity index is 649. The summed E-state index contributed by atoms with van der Waals surface area (Å²) in [6, 6.07) is 7.84. The van der Waals surface area contributed by atoms with Crippen LogP contribution in [0.1, 0.15) is 19.4 Å². The predicted molar refractivity (Wildman–Crippen MR) is 93.7 cm³/mol. The van der Waals surface area contributed by atoms with Gasteiger partial charge in [0, 0.05) is 17.6 Å². The third-order valence-corrected chi connectivity index (χ3v) is 5.26.